The molecule has 4 heteroatoms. The standard InChI is InChI=1S/C12H13F2O2/c13-12(14)7-10(8-12)16-11-4-2-1-3-9(11)5-6-15/h1-4,10H,5-8H2. The minimum absolute atomic E-state index is 0.221. The fourth-order valence-electron chi connectivity index (χ4n) is 1.80. The number of hydrogen-bond acceptors (Lipinski definition) is 1. The van der Waals surface area contributed by atoms with Gasteiger partial charge in [-0.1, -0.05) is 18.2 Å². The number of para-hydroxylation sites is 1. The average Bonchev–Trinajstić information content (AvgIpc) is 2.18. The number of rotatable bonds is 4. The Morgan fingerprint density at radius 2 is 2.00 bits per heavy atom. The maximum atomic E-state index is 12.6. The van der Waals surface area contributed by atoms with Crippen LogP contribution in [0.3, 0.4) is 0 Å². The molecule has 0 aliphatic heterocycles. The molecule has 0 aromatic heterocycles. The summed E-state index contributed by atoms with van der Waals surface area (Å²) in [6.07, 6.45) is -0.487. The Balaban J connectivity index is 1.99. The summed E-state index contributed by atoms with van der Waals surface area (Å²) in [6, 6.07) is 7.11. The van der Waals surface area contributed by atoms with Gasteiger partial charge in [0, 0.05) is 19.3 Å². The van der Waals surface area contributed by atoms with Gasteiger partial charge in [-0.3, -0.25) is 0 Å². The Morgan fingerprint density at radius 1 is 1.31 bits per heavy atom. The molecule has 0 heterocycles. The fraction of sp³-hybridized carbons (Fsp3) is 0.500. The van der Waals surface area contributed by atoms with Gasteiger partial charge < -0.3 is 4.74 Å². The quantitative estimate of drug-likeness (QED) is 0.777. The molecule has 0 amide bonds. The lowest BCUT2D eigenvalue weighted by atomic mass is 9.91. The number of halogens is 2. The molecule has 0 unspecified atom stereocenters. The van der Waals surface area contributed by atoms with Crippen molar-refractivity contribution in [2.75, 3.05) is 6.61 Å². The highest BCUT2D eigenvalue weighted by Gasteiger charge is 2.47. The van der Waals surface area contributed by atoms with E-state index in [2.05, 4.69) is 0 Å². The van der Waals surface area contributed by atoms with Crippen LogP contribution in [0.15, 0.2) is 24.3 Å². The smallest absolute Gasteiger partial charge is 0.255 e. The molecule has 0 saturated heterocycles. The lowest BCUT2D eigenvalue weighted by Crippen LogP contribution is -2.43. The van der Waals surface area contributed by atoms with Crippen molar-refractivity contribution in [3.05, 3.63) is 29.8 Å². The van der Waals surface area contributed by atoms with E-state index in [1.807, 2.05) is 6.07 Å². The Hall–Kier alpha value is -1.16. The van der Waals surface area contributed by atoms with Crippen LogP contribution in [0.5, 0.6) is 5.75 Å². The number of hydrogen-bond donors (Lipinski definition) is 0. The lowest BCUT2D eigenvalue weighted by molar-refractivity contribution is -0.134. The van der Waals surface area contributed by atoms with Crippen molar-refractivity contribution in [1.82, 2.24) is 0 Å². The molecule has 2 rings (SSSR count). The van der Waals surface area contributed by atoms with Crippen molar-refractivity contribution in [3.63, 3.8) is 0 Å². The van der Waals surface area contributed by atoms with Gasteiger partial charge >= 0.3 is 0 Å². The van der Waals surface area contributed by atoms with Crippen LogP contribution < -0.4 is 4.74 Å². The van der Waals surface area contributed by atoms with Crippen LogP contribution in [-0.4, -0.2) is 18.6 Å². The van der Waals surface area contributed by atoms with Crippen molar-refractivity contribution in [2.24, 2.45) is 0 Å². The molecular weight excluding hydrogens is 214 g/mol. The van der Waals surface area contributed by atoms with Gasteiger partial charge in [0.15, 0.2) is 0 Å². The van der Waals surface area contributed by atoms with Crippen LogP contribution >= 0.6 is 0 Å². The topological polar surface area (TPSA) is 29.1 Å². The Bertz CT molecular complexity index is 358. The molecule has 1 aliphatic rings. The molecule has 0 spiro atoms. The minimum atomic E-state index is -2.57. The summed E-state index contributed by atoms with van der Waals surface area (Å²) in [4.78, 5) is 0. The predicted molar refractivity (Wildman–Crippen MR) is 54.3 cm³/mol. The number of ether oxygens (including phenoxy) is 1. The first-order valence-corrected chi connectivity index (χ1v) is 5.31. The van der Waals surface area contributed by atoms with E-state index in [0.717, 1.165) is 5.56 Å². The Labute approximate surface area is 92.9 Å². The number of benzene rings is 1. The highest BCUT2D eigenvalue weighted by Crippen LogP contribution is 2.40. The van der Waals surface area contributed by atoms with Crippen LogP contribution in [0.4, 0.5) is 8.78 Å². The van der Waals surface area contributed by atoms with E-state index in [0.29, 0.717) is 12.2 Å². The van der Waals surface area contributed by atoms with Crippen molar-refractivity contribution in [3.8, 4) is 5.75 Å². The summed E-state index contributed by atoms with van der Waals surface area (Å²) in [7, 11) is 0. The summed E-state index contributed by atoms with van der Waals surface area (Å²) in [5.41, 5.74) is 0.799. The van der Waals surface area contributed by atoms with Gasteiger partial charge in [-0.2, -0.15) is 0 Å². The van der Waals surface area contributed by atoms with E-state index in [9.17, 15) is 13.9 Å². The summed E-state index contributed by atoms with van der Waals surface area (Å²) >= 11 is 0. The van der Waals surface area contributed by atoms with E-state index in [-0.39, 0.29) is 19.4 Å². The fourth-order valence-corrected chi connectivity index (χ4v) is 1.80. The van der Waals surface area contributed by atoms with Gasteiger partial charge in [0.1, 0.15) is 11.9 Å². The lowest BCUT2D eigenvalue weighted by Gasteiger charge is -2.35. The predicted octanol–water partition coefficient (Wildman–Crippen LogP) is 2.84. The number of alkyl halides is 2. The van der Waals surface area contributed by atoms with E-state index in [1.54, 1.807) is 18.2 Å². The Morgan fingerprint density at radius 3 is 2.62 bits per heavy atom. The van der Waals surface area contributed by atoms with Crippen LogP contribution in [0.1, 0.15) is 18.4 Å². The largest absolute Gasteiger partial charge is 0.490 e. The van der Waals surface area contributed by atoms with Crippen LogP contribution in [0.2, 0.25) is 0 Å². The van der Waals surface area contributed by atoms with Crippen molar-refractivity contribution in [1.29, 1.82) is 0 Å². The van der Waals surface area contributed by atoms with Crippen LogP contribution in [-0.2, 0) is 11.5 Å². The van der Waals surface area contributed by atoms with Gasteiger partial charge in [0.2, 0.25) is 0 Å². The van der Waals surface area contributed by atoms with Gasteiger partial charge in [-0.05, 0) is 11.6 Å². The normalized spacial score (nSPS) is 19.2. The molecule has 0 N–H and O–H groups in total. The third-order valence-corrected chi connectivity index (χ3v) is 2.69. The van der Waals surface area contributed by atoms with Gasteiger partial charge in [0.25, 0.3) is 5.92 Å². The second-order valence-corrected chi connectivity index (χ2v) is 4.07. The van der Waals surface area contributed by atoms with Crippen molar-refractivity contribution in [2.45, 2.75) is 31.3 Å². The van der Waals surface area contributed by atoms with E-state index >= 15 is 0 Å². The molecular formula is C12H13F2O2. The molecule has 1 aromatic carbocycles. The van der Waals surface area contributed by atoms with E-state index < -0.39 is 12.0 Å². The average molecular weight is 227 g/mol. The third-order valence-electron chi connectivity index (χ3n) is 2.69. The molecule has 1 aliphatic carbocycles. The molecule has 0 atom stereocenters. The molecule has 1 radical (unpaired) electrons. The maximum absolute atomic E-state index is 12.6. The zero-order valence-corrected chi connectivity index (χ0v) is 8.79. The highest BCUT2D eigenvalue weighted by atomic mass is 19.3. The molecule has 87 valence electrons. The first kappa shape index (κ1) is 11.3. The molecule has 1 saturated carbocycles. The summed E-state index contributed by atoms with van der Waals surface area (Å²) in [6.45, 7) is -0.221. The van der Waals surface area contributed by atoms with Crippen LogP contribution in [0.25, 0.3) is 0 Å². The van der Waals surface area contributed by atoms with Gasteiger partial charge in [-0.25, -0.2) is 13.9 Å². The van der Waals surface area contributed by atoms with E-state index in [4.69, 9.17) is 4.74 Å². The monoisotopic (exact) mass is 227 g/mol. The van der Waals surface area contributed by atoms with Crippen molar-refractivity contribution < 1.29 is 18.6 Å². The third kappa shape index (κ3) is 2.50. The Kier molecular flexibility index (Phi) is 3.10. The zero-order valence-electron chi connectivity index (χ0n) is 8.79. The second-order valence-electron chi connectivity index (χ2n) is 4.07. The molecule has 0 bridgehead atoms. The molecule has 1 fully saturated rings. The SMILES string of the molecule is [O]CCc1ccccc1OC1CC(F)(F)C1. The van der Waals surface area contributed by atoms with Crippen LogP contribution in [0, 0.1) is 0 Å². The molecule has 16 heavy (non-hydrogen) atoms. The zero-order chi connectivity index (χ0) is 11.6. The van der Waals surface area contributed by atoms with Gasteiger partial charge in [0.05, 0.1) is 6.61 Å². The summed E-state index contributed by atoms with van der Waals surface area (Å²) < 4.78 is 30.7. The molecule has 1 aromatic rings. The van der Waals surface area contributed by atoms with Gasteiger partial charge in [-0.15, -0.1) is 0 Å². The maximum Gasteiger partial charge on any atom is 0.255 e. The first-order valence-electron chi connectivity index (χ1n) is 5.31. The second kappa shape index (κ2) is 4.37. The highest BCUT2D eigenvalue weighted by molar-refractivity contribution is 5.33. The minimum Gasteiger partial charge on any atom is -0.490 e. The summed E-state index contributed by atoms with van der Waals surface area (Å²) in [5, 5.41) is 10.5. The van der Waals surface area contributed by atoms with E-state index in [1.165, 1.54) is 0 Å². The van der Waals surface area contributed by atoms with Crippen molar-refractivity contribution >= 4 is 0 Å². The summed E-state index contributed by atoms with van der Waals surface area (Å²) in [5.74, 6) is -2.00. The first-order chi connectivity index (χ1) is 7.61. The molecule has 2 nitrogen and oxygen atoms in total.